The highest BCUT2D eigenvalue weighted by molar-refractivity contribution is 4.96. The van der Waals surface area contributed by atoms with Gasteiger partial charge in [-0.15, -0.1) is 0 Å². The fourth-order valence-corrected chi connectivity index (χ4v) is 0.939. The predicted octanol–water partition coefficient (Wildman–Crippen LogP) is 1.22. The maximum absolute atomic E-state index is 5.04. The van der Waals surface area contributed by atoms with E-state index < -0.39 is 0 Å². The van der Waals surface area contributed by atoms with Crippen molar-refractivity contribution in [3.05, 3.63) is 42.9 Å². The van der Waals surface area contributed by atoms with E-state index in [1.807, 2.05) is 29.2 Å². The van der Waals surface area contributed by atoms with Crippen molar-refractivity contribution < 1.29 is 4.42 Å². The van der Waals surface area contributed by atoms with Crippen LogP contribution in [0.5, 0.6) is 0 Å². The van der Waals surface area contributed by atoms with Crippen LogP contribution in [0.1, 0.15) is 5.76 Å². The summed E-state index contributed by atoms with van der Waals surface area (Å²) in [4.78, 5) is 3.81. The van der Waals surface area contributed by atoms with Crippen LogP contribution in [0.15, 0.2) is 41.5 Å². The van der Waals surface area contributed by atoms with E-state index in [1.165, 1.54) is 6.39 Å². The molecule has 0 saturated heterocycles. The molecule has 0 unspecified atom stereocenters. The molecule has 0 spiro atoms. The van der Waals surface area contributed by atoms with Crippen molar-refractivity contribution in [1.82, 2.24) is 9.66 Å². The van der Waals surface area contributed by atoms with E-state index in [4.69, 9.17) is 4.42 Å². The first-order chi connectivity index (χ1) is 5.95. The van der Waals surface area contributed by atoms with Crippen LogP contribution in [0.25, 0.3) is 0 Å². The lowest BCUT2D eigenvalue weighted by Crippen LogP contribution is -2.11. The predicted molar refractivity (Wildman–Crippen MR) is 44.0 cm³/mol. The maximum Gasteiger partial charge on any atom is 0.180 e. The molecule has 2 aromatic heterocycles. The molecule has 0 aromatic carbocycles. The Morgan fingerprint density at radius 3 is 2.92 bits per heavy atom. The summed E-state index contributed by atoms with van der Waals surface area (Å²) < 4.78 is 6.91. The highest BCUT2D eigenvalue weighted by Crippen LogP contribution is 1.96. The van der Waals surface area contributed by atoms with Crippen molar-refractivity contribution in [2.24, 2.45) is 0 Å². The van der Waals surface area contributed by atoms with Gasteiger partial charge in [0.25, 0.3) is 0 Å². The Kier molecular flexibility index (Phi) is 1.82. The second kappa shape index (κ2) is 3.13. The average molecular weight is 163 g/mol. The van der Waals surface area contributed by atoms with E-state index in [0.717, 1.165) is 5.76 Å². The van der Waals surface area contributed by atoms with Gasteiger partial charge < -0.3 is 9.84 Å². The Balaban J connectivity index is 1.91. The summed E-state index contributed by atoms with van der Waals surface area (Å²) in [5, 5.41) is 0. The molecule has 62 valence electrons. The molecule has 4 heteroatoms. The number of nitrogens with zero attached hydrogens (tertiary/aromatic N) is 2. The lowest BCUT2D eigenvalue weighted by atomic mass is 10.5. The van der Waals surface area contributed by atoms with Crippen molar-refractivity contribution in [2.75, 3.05) is 5.43 Å². The smallest absolute Gasteiger partial charge is 0.180 e. The zero-order chi connectivity index (χ0) is 8.23. The van der Waals surface area contributed by atoms with Crippen LogP contribution >= 0.6 is 0 Å². The van der Waals surface area contributed by atoms with Gasteiger partial charge in [0.2, 0.25) is 0 Å². The van der Waals surface area contributed by atoms with Gasteiger partial charge in [0.15, 0.2) is 6.39 Å². The lowest BCUT2D eigenvalue weighted by molar-refractivity contribution is 0.504. The average Bonchev–Trinajstić information content (AvgIpc) is 2.74. The molecule has 0 aliphatic heterocycles. The molecule has 2 aromatic rings. The maximum atomic E-state index is 5.04. The second-order valence-corrected chi connectivity index (χ2v) is 2.39. The number of hydrogen-bond donors (Lipinski definition) is 1. The van der Waals surface area contributed by atoms with E-state index >= 15 is 0 Å². The van der Waals surface area contributed by atoms with Crippen molar-refractivity contribution in [3.63, 3.8) is 0 Å². The molecule has 0 saturated carbocycles. The van der Waals surface area contributed by atoms with Gasteiger partial charge in [-0.1, -0.05) is 0 Å². The quantitative estimate of drug-likeness (QED) is 0.739. The Hall–Kier alpha value is -1.71. The summed E-state index contributed by atoms with van der Waals surface area (Å²) >= 11 is 0. The topological polar surface area (TPSA) is 43.0 Å². The van der Waals surface area contributed by atoms with E-state index in [9.17, 15) is 0 Å². The van der Waals surface area contributed by atoms with Gasteiger partial charge in [0.05, 0.1) is 12.7 Å². The van der Waals surface area contributed by atoms with Crippen LogP contribution in [0.4, 0.5) is 0 Å². The molecular weight excluding hydrogens is 154 g/mol. The van der Waals surface area contributed by atoms with Crippen molar-refractivity contribution in [2.45, 2.75) is 6.54 Å². The highest BCUT2D eigenvalue weighted by Gasteiger charge is 1.93. The summed E-state index contributed by atoms with van der Waals surface area (Å²) in [6.07, 6.45) is 6.97. The summed E-state index contributed by atoms with van der Waals surface area (Å²) in [5.41, 5.74) is 3.11. The van der Waals surface area contributed by atoms with Gasteiger partial charge in [0, 0.05) is 12.4 Å². The second-order valence-electron chi connectivity index (χ2n) is 2.39. The van der Waals surface area contributed by atoms with Crippen molar-refractivity contribution in [1.29, 1.82) is 0 Å². The molecule has 0 aliphatic carbocycles. The van der Waals surface area contributed by atoms with Gasteiger partial charge in [-0.25, -0.2) is 4.98 Å². The first-order valence-electron chi connectivity index (χ1n) is 3.69. The Morgan fingerprint density at radius 1 is 1.42 bits per heavy atom. The fraction of sp³-hybridized carbons (Fsp3) is 0.125. The van der Waals surface area contributed by atoms with Crippen LogP contribution < -0.4 is 5.43 Å². The molecule has 1 N–H and O–H groups in total. The first kappa shape index (κ1) is 6.97. The Bertz CT molecular complexity index is 278. The molecule has 0 fully saturated rings. The number of aromatic nitrogens is 2. The third kappa shape index (κ3) is 1.47. The van der Waals surface area contributed by atoms with Crippen molar-refractivity contribution >= 4 is 0 Å². The first-order valence-corrected chi connectivity index (χ1v) is 3.69. The minimum absolute atomic E-state index is 0.648. The van der Waals surface area contributed by atoms with Gasteiger partial charge in [0.1, 0.15) is 5.76 Å². The van der Waals surface area contributed by atoms with Crippen molar-refractivity contribution in [3.8, 4) is 0 Å². The molecule has 0 amide bonds. The molecule has 4 nitrogen and oxygen atoms in total. The minimum atomic E-state index is 0.648. The zero-order valence-corrected chi connectivity index (χ0v) is 6.47. The largest absolute Gasteiger partial charge is 0.447 e. The van der Waals surface area contributed by atoms with Crippen LogP contribution in [0.2, 0.25) is 0 Å². The van der Waals surface area contributed by atoms with Gasteiger partial charge >= 0.3 is 0 Å². The molecule has 0 bridgehead atoms. The lowest BCUT2D eigenvalue weighted by Gasteiger charge is -2.03. The summed E-state index contributed by atoms with van der Waals surface area (Å²) in [7, 11) is 0. The van der Waals surface area contributed by atoms with E-state index in [1.54, 1.807) is 6.20 Å². The fourth-order valence-electron chi connectivity index (χ4n) is 0.939. The van der Waals surface area contributed by atoms with Gasteiger partial charge in [-0.2, -0.15) is 0 Å². The molecule has 2 rings (SSSR count). The van der Waals surface area contributed by atoms with Crippen LogP contribution in [0.3, 0.4) is 0 Å². The van der Waals surface area contributed by atoms with E-state index in [0.29, 0.717) is 6.54 Å². The zero-order valence-electron chi connectivity index (χ0n) is 6.47. The summed E-state index contributed by atoms with van der Waals surface area (Å²) in [5.74, 6) is 0.823. The number of nitrogens with one attached hydrogen (secondary N) is 1. The normalized spacial score (nSPS) is 10.0. The summed E-state index contributed by atoms with van der Waals surface area (Å²) in [6.45, 7) is 0.648. The van der Waals surface area contributed by atoms with Crippen LogP contribution in [-0.2, 0) is 6.54 Å². The minimum Gasteiger partial charge on any atom is -0.447 e. The Morgan fingerprint density at radius 2 is 2.25 bits per heavy atom. The third-order valence-electron chi connectivity index (χ3n) is 1.52. The highest BCUT2D eigenvalue weighted by atomic mass is 16.3. The monoisotopic (exact) mass is 163 g/mol. The van der Waals surface area contributed by atoms with Gasteiger partial charge in [-0.3, -0.25) is 4.68 Å². The summed E-state index contributed by atoms with van der Waals surface area (Å²) in [6, 6.07) is 3.90. The SMILES string of the molecule is c1ccn(NCc2cnco2)c1. The molecule has 2 heterocycles. The Labute approximate surface area is 69.8 Å². The molecule has 0 aliphatic rings. The standard InChI is InChI=1S/C8H9N3O/c1-2-4-11(3-1)10-6-8-5-9-7-12-8/h1-5,7,10H,6H2. The molecule has 12 heavy (non-hydrogen) atoms. The van der Waals surface area contributed by atoms with E-state index in [-0.39, 0.29) is 0 Å². The van der Waals surface area contributed by atoms with Crippen LogP contribution in [-0.4, -0.2) is 9.66 Å². The molecular formula is C8H9N3O. The van der Waals surface area contributed by atoms with Crippen LogP contribution in [0, 0.1) is 0 Å². The number of hydrogen-bond acceptors (Lipinski definition) is 3. The molecule has 0 atom stereocenters. The molecule has 0 radical (unpaired) electrons. The number of oxazole rings is 1. The number of rotatable bonds is 3. The van der Waals surface area contributed by atoms with Gasteiger partial charge in [-0.05, 0) is 12.1 Å². The van der Waals surface area contributed by atoms with E-state index in [2.05, 4.69) is 10.4 Å². The third-order valence-corrected chi connectivity index (χ3v) is 1.52.